The summed E-state index contributed by atoms with van der Waals surface area (Å²) in [7, 11) is 5.75. The van der Waals surface area contributed by atoms with Crippen molar-refractivity contribution in [1.29, 1.82) is 0 Å². The lowest BCUT2D eigenvalue weighted by molar-refractivity contribution is 0.407. The predicted octanol–water partition coefficient (Wildman–Crippen LogP) is 5.81. The van der Waals surface area contributed by atoms with Gasteiger partial charge in [0.25, 0.3) is 0 Å². The summed E-state index contributed by atoms with van der Waals surface area (Å²) in [6, 6.07) is 24.1. The highest BCUT2D eigenvalue weighted by atomic mass is 35.5. The van der Waals surface area contributed by atoms with Gasteiger partial charge in [0, 0.05) is 43.6 Å². The van der Waals surface area contributed by atoms with Gasteiger partial charge < -0.3 is 19.9 Å². The molecule has 0 heterocycles. The number of nitrogens with zero attached hydrogens (tertiary/aromatic N) is 2. The second-order valence-electron chi connectivity index (χ2n) is 7.20. The Morgan fingerprint density at radius 1 is 0.867 bits per heavy atom. The Hall–Kier alpha value is -2.76. The van der Waals surface area contributed by atoms with E-state index in [-0.39, 0.29) is 0 Å². The van der Waals surface area contributed by atoms with Gasteiger partial charge in [-0.15, -0.1) is 0 Å². The monoisotopic (exact) mass is 439 g/mol. The van der Waals surface area contributed by atoms with Crippen molar-refractivity contribution in [2.75, 3.05) is 31.4 Å². The Labute approximate surface area is 189 Å². The van der Waals surface area contributed by atoms with Crippen LogP contribution in [-0.4, -0.2) is 31.2 Å². The summed E-state index contributed by atoms with van der Waals surface area (Å²) in [6.45, 7) is 1.37. The Morgan fingerprint density at radius 2 is 1.40 bits per heavy atom. The minimum absolute atomic E-state index is 0.657. The lowest BCUT2D eigenvalue weighted by Crippen LogP contribution is -2.33. The van der Waals surface area contributed by atoms with E-state index >= 15 is 0 Å². The first-order valence-corrected chi connectivity index (χ1v) is 10.4. The maximum absolute atomic E-state index is 6.00. The minimum Gasteiger partial charge on any atom is -0.497 e. The number of benzene rings is 3. The molecule has 1 N–H and O–H groups in total. The third kappa shape index (κ3) is 6.12. The van der Waals surface area contributed by atoms with Gasteiger partial charge in [0.05, 0.1) is 7.11 Å². The van der Waals surface area contributed by atoms with Crippen LogP contribution in [0.15, 0.2) is 72.8 Å². The Kier molecular flexibility index (Phi) is 7.55. The molecule has 0 bridgehead atoms. The summed E-state index contributed by atoms with van der Waals surface area (Å²) < 4.78 is 5.27. The average molecular weight is 440 g/mol. The van der Waals surface area contributed by atoms with Crippen molar-refractivity contribution in [1.82, 2.24) is 4.90 Å². The average Bonchev–Trinajstić information content (AvgIpc) is 2.75. The van der Waals surface area contributed by atoms with Crippen LogP contribution < -0.4 is 15.0 Å². The number of hydrogen-bond donors (Lipinski definition) is 1. The molecule has 0 amide bonds. The molecule has 3 rings (SSSR count). The fourth-order valence-electron chi connectivity index (χ4n) is 3.01. The third-order valence-corrected chi connectivity index (χ3v) is 5.35. The summed E-state index contributed by atoms with van der Waals surface area (Å²) in [5.41, 5.74) is 4.42. The molecule has 3 aromatic carbocycles. The van der Waals surface area contributed by atoms with Gasteiger partial charge in [-0.1, -0.05) is 35.9 Å². The summed E-state index contributed by atoms with van der Waals surface area (Å²) in [6.07, 6.45) is 0. The summed E-state index contributed by atoms with van der Waals surface area (Å²) in [5, 5.41) is 4.68. The first-order valence-electron chi connectivity index (χ1n) is 9.65. The number of thiocarbonyl (C=S) groups is 1. The van der Waals surface area contributed by atoms with E-state index in [1.165, 1.54) is 11.3 Å². The molecule has 0 atom stereocenters. The van der Waals surface area contributed by atoms with E-state index < -0.39 is 0 Å². The topological polar surface area (TPSA) is 27.7 Å². The number of nitrogens with one attached hydrogen (secondary N) is 1. The van der Waals surface area contributed by atoms with Crippen molar-refractivity contribution < 1.29 is 4.74 Å². The molecular formula is C24H26ClN3OS. The van der Waals surface area contributed by atoms with E-state index in [2.05, 4.69) is 51.5 Å². The molecule has 156 valence electrons. The zero-order chi connectivity index (χ0) is 21.5. The van der Waals surface area contributed by atoms with Crippen molar-refractivity contribution in [3.8, 4) is 5.75 Å². The lowest BCUT2D eigenvalue weighted by Gasteiger charge is -2.26. The van der Waals surface area contributed by atoms with Crippen LogP contribution in [0.25, 0.3) is 0 Å². The van der Waals surface area contributed by atoms with Crippen LogP contribution in [0.3, 0.4) is 0 Å². The Balaban J connectivity index is 1.78. The second-order valence-corrected chi connectivity index (χ2v) is 8.03. The molecule has 4 nitrogen and oxygen atoms in total. The van der Waals surface area contributed by atoms with E-state index in [0.717, 1.165) is 17.0 Å². The van der Waals surface area contributed by atoms with Crippen LogP contribution in [0.5, 0.6) is 5.75 Å². The van der Waals surface area contributed by atoms with Crippen LogP contribution in [0.4, 0.5) is 11.4 Å². The zero-order valence-corrected chi connectivity index (χ0v) is 19.0. The quantitative estimate of drug-likeness (QED) is 0.468. The van der Waals surface area contributed by atoms with Gasteiger partial charge in [-0.3, -0.25) is 0 Å². The van der Waals surface area contributed by atoms with Crippen LogP contribution in [0.2, 0.25) is 5.02 Å². The molecule has 0 spiro atoms. The lowest BCUT2D eigenvalue weighted by atomic mass is 10.1. The first-order chi connectivity index (χ1) is 14.4. The summed E-state index contributed by atoms with van der Waals surface area (Å²) in [5.74, 6) is 0.839. The Morgan fingerprint density at radius 3 is 1.90 bits per heavy atom. The molecule has 0 radical (unpaired) electrons. The fourth-order valence-corrected chi connectivity index (χ4v) is 3.38. The molecule has 30 heavy (non-hydrogen) atoms. The molecule has 0 aliphatic rings. The van der Waals surface area contributed by atoms with Crippen molar-refractivity contribution in [3.63, 3.8) is 0 Å². The van der Waals surface area contributed by atoms with Gasteiger partial charge in [-0.2, -0.15) is 0 Å². The number of methoxy groups -OCH3 is 1. The second kappa shape index (κ2) is 10.3. The van der Waals surface area contributed by atoms with Crippen molar-refractivity contribution in [3.05, 3.63) is 88.9 Å². The number of rotatable bonds is 7. The highest BCUT2D eigenvalue weighted by molar-refractivity contribution is 7.80. The standard InChI is InChI=1S/C24H26ClN3OS/c1-27(2)22-12-4-18(5-13-22)16-28(17-19-6-14-23(29-3)15-7-19)24(30)26-21-10-8-20(25)9-11-21/h4-15H,16-17H2,1-3H3,(H,26,30). The smallest absolute Gasteiger partial charge is 0.174 e. The van der Waals surface area contributed by atoms with Crippen LogP contribution >= 0.6 is 23.8 Å². The van der Waals surface area contributed by atoms with Crippen molar-refractivity contribution in [2.45, 2.75) is 13.1 Å². The highest BCUT2D eigenvalue weighted by Gasteiger charge is 2.12. The summed E-state index contributed by atoms with van der Waals surface area (Å²) >= 11 is 11.8. The molecule has 0 unspecified atom stereocenters. The normalized spacial score (nSPS) is 10.4. The molecule has 3 aromatic rings. The van der Waals surface area contributed by atoms with Crippen LogP contribution in [-0.2, 0) is 13.1 Å². The number of hydrogen-bond acceptors (Lipinski definition) is 3. The number of anilines is 2. The molecule has 0 saturated carbocycles. The van der Waals surface area contributed by atoms with Crippen molar-refractivity contribution in [2.24, 2.45) is 0 Å². The minimum atomic E-state index is 0.657. The molecule has 0 aromatic heterocycles. The SMILES string of the molecule is COc1ccc(CN(Cc2ccc(N(C)C)cc2)C(=S)Nc2ccc(Cl)cc2)cc1. The molecule has 6 heteroatoms. The van der Waals surface area contributed by atoms with E-state index in [4.69, 9.17) is 28.6 Å². The van der Waals surface area contributed by atoms with Gasteiger partial charge in [0.2, 0.25) is 0 Å². The first kappa shape index (κ1) is 21.9. The predicted molar refractivity (Wildman–Crippen MR) is 131 cm³/mol. The third-order valence-electron chi connectivity index (χ3n) is 4.74. The zero-order valence-electron chi connectivity index (χ0n) is 17.4. The maximum atomic E-state index is 6.00. The van der Waals surface area contributed by atoms with E-state index in [1.54, 1.807) is 7.11 Å². The molecular weight excluding hydrogens is 414 g/mol. The van der Waals surface area contributed by atoms with E-state index in [9.17, 15) is 0 Å². The fraction of sp³-hybridized carbons (Fsp3) is 0.208. The molecule has 0 aliphatic heterocycles. The van der Waals surface area contributed by atoms with Gasteiger partial charge in [0.15, 0.2) is 5.11 Å². The van der Waals surface area contributed by atoms with Gasteiger partial charge in [-0.25, -0.2) is 0 Å². The molecule has 0 saturated heterocycles. The van der Waals surface area contributed by atoms with E-state index in [0.29, 0.717) is 23.2 Å². The maximum Gasteiger partial charge on any atom is 0.174 e. The van der Waals surface area contributed by atoms with Crippen LogP contribution in [0.1, 0.15) is 11.1 Å². The van der Waals surface area contributed by atoms with Crippen LogP contribution in [0, 0.1) is 0 Å². The molecule has 0 aliphatic carbocycles. The number of halogens is 1. The molecule has 0 fully saturated rings. The highest BCUT2D eigenvalue weighted by Crippen LogP contribution is 2.19. The largest absolute Gasteiger partial charge is 0.497 e. The van der Waals surface area contributed by atoms with Gasteiger partial charge in [-0.05, 0) is 71.9 Å². The van der Waals surface area contributed by atoms with Crippen molar-refractivity contribution >= 4 is 40.3 Å². The Bertz CT molecular complexity index is 957. The number of ether oxygens (including phenoxy) is 1. The van der Waals surface area contributed by atoms with Gasteiger partial charge >= 0.3 is 0 Å². The van der Waals surface area contributed by atoms with E-state index in [1.807, 2.05) is 50.5 Å². The van der Waals surface area contributed by atoms with Gasteiger partial charge in [0.1, 0.15) is 5.75 Å². The summed E-state index contributed by atoms with van der Waals surface area (Å²) in [4.78, 5) is 4.24.